The molecule has 8 nitrogen and oxygen atoms in total. The van der Waals surface area contributed by atoms with Crippen LogP contribution in [0.3, 0.4) is 0 Å². The summed E-state index contributed by atoms with van der Waals surface area (Å²) in [5.74, 6) is 2.39. The molecule has 0 amide bonds. The van der Waals surface area contributed by atoms with E-state index in [1.165, 1.54) is 0 Å². The van der Waals surface area contributed by atoms with Crippen LogP contribution in [0.5, 0.6) is 17.2 Å². The predicted octanol–water partition coefficient (Wildman–Crippen LogP) is 3.58. The molecule has 0 radical (unpaired) electrons. The Morgan fingerprint density at radius 3 is 2.59 bits per heavy atom. The van der Waals surface area contributed by atoms with Gasteiger partial charge < -0.3 is 25.3 Å². The Kier molecular flexibility index (Phi) is 5.36. The quantitative estimate of drug-likeness (QED) is 0.462. The first-order valence-corrected chi connectivity index (χ1v) is 10.6. The number of nitrogen functional groups attached to an aromatic ring is 1. The fourth-order valence-electron chi connectivity index (χ4n) is 4.14. The predicted molar refractivity (Wildman–Crippen MR) is 124 cm³/mol. The summed E-state index contributed by atoms with van der Waals surface area (Å²) in [6, 6.07) is 7.74. The summed E-state index contributed by atoms with van der Waals surface area (Å²) in [7, 11) is 3.22. The molecule has 1 atom stereocenters. The normalized spacial score (nSPS) is 16.2. The van der Waals surface area contributed by atoms with Crippen molar-refractivity contribution in [2.75, 3.05) is 33.0 Å². The van der Waals surface area contributed by atoms with E-state index in [1.54, 1.807) is 32.8 Å². The second-order valence-corrected chi connectivity index (χ2v) is 7.83. The molecule has 0 bridgehead atoms. The molecule has 1 aromatic carbocycles. The highest BCUT2D eigenvalue weighted by atomic mass is 16.5. The van der Waals surface area contributed by atoms with Crippen LogP contribution in [0.15, 0.2) is 42.9 Å². The van der Waals surface area contributed by atoms with Crippen LogP contribution < -0.4 is 25.3 Å². The van der Waals surface area contributed by atoms with Crippen molar-refractivity contribution < 1.29 is 14.2 Å². The van der Waals surface area contributed by atoms with Crippen molar-refractivity contribution in [2.24, 2.45) is 0 Å². The average molecular weight is 431 g/mol. The molecule has 1 saturated heterocycles. The Morgan fingerprint density at radius 1 is 0.969 bits per heavy atom. The van der Waals surface area contributed by atoms with Gasteiger partial charge in [0, 0.05) is 41.3 Å². The van der Waals surface area contributed by atoms with Crippen molar-refractivity contribution in [3.8, 4) is 28.5 Å². The number of aromatic nitrogens is 3. The van der Waals surface area contributed by atoms with E-state index in [4.69, 9.17) is 19.9 Å². The van der Waals surface area contributed by atoms with Crippen LogP contribution in [0.1, 0.15) is 12.8 Å². The van der Waals surface area contributed by atoms with E-state index < -0.39 is 0 Å². The van der Waals surface area contributed by atoms with Gasteiger partial charge in [-0.25, -0.2) is 4.98 Å². The van der Waals surface area contributed by atoms with Gasteiger partial charge in [-0.05, 0) is 43.0 Å². The molecule has 0 aliphatic carbocycles. The molecule has 1 aliphatic heterocycles. The molecule has 4 heterocycles. The zero-order chi connectivity index (χ0) is 22.1. The fourth-order valence-corrected chi connectivity index (χ4v) is 4.14. The highest BCUT2D eigenvalue weighted by Gasteiger charge is 2.16. The molecule has 0 unspecified atom stereocenters. The van der Waals surface area contributed by atoms with E-state index in [0.29, 0.717) is 17.3 Å². The van der Waals surface area contributed by atoms with Crippen molar-refractivity contribution in [3.05, 3.63) is 42.9 Å². The van der Waals surface area contributed by atoms with Gasteiger partial charge in [-0.2, -0.15) is 0 Å². The van der Waals surface area contributed by atoms with Crippen LogP contribution in [0.25, 0.3) is 32.9 Å². The Labute approximate surface area is 185 Å². The number of rotatable bonds is 5. The van der Waals surface area contributed by atoms with E-state index in [0.717, 1.165) is 64.6 Å². The smallest absolute Gasteiger partial charge is 0.162 e. The van der Waals surface area contributed by atoms with Gasteiger partial charge in [-0.15, -0.1) is 0 Å². The zero-order valence-corrected chi connectivity index (χ0v) is 18.1. The average Bonchev–Trinajstić information content (AvgIpc) is 2.83. The molecule has 0 saturated carbocycles. The van der Waals surface area contributed by atoms with E-state index in [9.17, 15) is 0 Å². The lowest BCUT2D eigenvalue weighted by atomic mass is 10.0. The number of hydrogen-bond donors (Lipinski definition) is 2. The number of ether oxygens (including phenoxy) is 3. The van der Waals surface area contributed by atoms with Crippen molar-refractivity contribution in [1.29, 1.82) is 0 Å². The lowest BCUT2D eigenvalue weighted by Gasteiger charge is -2.23. The van der Waals surface area contributed by atoms with Crippen molar-refractivity contribution in [3.63, 3.8) is 0 Å². The lowest BCUT2D eigenvalue weighted by Crippen LogP contribution is -2.37. The molecule has 1 aliphatic rings. The number of nitrogens with one attached hydrogen (secondary N) is 1. The molecular formula is C24H25N5O3. The van der Waals surface area contributed by atoms with Crippen molar-refractivity contribution >= 4 is 27.5 Å². The van der Waals surface area contributed by atoms with Gasteiger partial charge in [0.2, 0.25) is 0 Å². The van der Waals surface area contributed by atoms with Crippen LogP contribution in [-0.2, 0) is 0 Å². The van der Waals surface area contributed by atoms with Gasteiger partial charge >= 0.3 is 0 Å². The summed E-state index contributed by atoms with van der Waals surface area (Å²) in [5, 5.41) is 5.98. The second-order valence-electron chi connectivity index (χ2n) is 7.83. The van der Waals surface area contributed by atoms with E-state index in [2.05, 4.69) is 20.3 Å². The minimum atomic E-state index is 0.146. The molecule has 5 rings (SSSR count). The van der Waals surface area contributed by atoms with Crippen LogP contribution in [0, 0.1) is 0 Å². The summed E-state index contributed by atoms with van der Waals surface area (Å²) >= 11 is 0. The van der Waals surface area contributed by atoms with E-state index in [1.807, 2.05) is 24.3 Å². The maximum atomic E-state index is 6.33. The van der Waals surface area contributed by atoms with Crippen LogP contribution in [-0.4, -0.2) is 48.4 Å². The fraction of sp³-hybridized carbons (Fsp3) is 0.292. The Bertz CT molecular complexity index is 1290. The number of pyridine rings is 3. The Hall–Kier alpha value is -3.65. The van der Waals surface area contributed by atoms with Crippen LogP contribution >= 0.6 is 0 Å². The third kappa shape index (κ3) is 3.73. The standard InChI is InChI=1S/C24H25N5O3/c1-30-22-8-18-17-7-20(29-24(25)19(17)13-28-21(18)9-23(22)31-2)14-6-16(12-27-10-14)32-15-4-3-5-26-11-15/h6-10,12-13,15,26H,3-5,11H2,1-2H3,(H2,25,29)/t15-/m0/s1. The Balaban J connectivity index is 1.60. The van der Waals surface area contributed by atoms with Gasteiger partial charge in [-0.3, -0.25) is 9.97 Å². The van der Waals surface area contributed by atoms with Crippen LogP contribution in [0.4, 0.5) is 5.82 Å². The number of benzene rings is 1. The number of hydrogen-bond acceptors (Lipinski definition) is 8. The molecule has 32 heavy (non-hydrogen) atoms. The molecule has 1 fully saturated rings. The van der Waals surface area contributed by atoms with Gasteiger partial charge in [0.1, 0.15) is 17.7 Å². The topological polar surface area (TPSA) is 104 Å². The minimum absolute atomic E-state index is 0.146. The largest absolute Gasteiger partial charge is 0.493 e. The van der Waals surface area contributed by atoms with E-state index >= 15 is 0 Å². The third-order valence-electron chi connectivity index (χ3n) is 5.78. The number of anilines is 1. The maximum absolute atomic E-state index is 6.33. The molecule has 4 aromatic rings. The summed E-state index contributed by atoms with van der Waals surface area (Å²) in [6.07, 6.45) is 7.53. The molecular weight excluding hydrogens is 406 g/mol. The van der Waals surface area contributed by atoms with E-state index in [-0.39, 0.29) is 6.10 Å². The van der Waals surface area contributed by atoms with Crippen molar-refractivity contribution in [2.45, 2.75) is 18.9 Å². The highest BCUT2D eigenvalue weighted by molar-refractivity contribution is 6.10. The zero-order valence-electron chi connectivity index (χ0n) is 18.1. The third-order valence-corrected chi connectivity index (χ3v) is 5.78. The number of nitrogens with zero attached hydrogens (tertiary/aromatic N) is 3. The summed E-state index contributed by atoms with van der Waals surface area (Å²) in [5.41, 5.74) is 8.67. The number of nitrogens with two attached hydrogens (primary N) is 1. The van der Waals surface area contributed by atoms with Gasteiger partial charge in [0.05, 0.1) is 31.6 Å². The van der Waals surface area contributed by atoms with Crippen LogP contribution in [0.2, 0.25) is 0 Å². The number of piperidine rings is 1. The number of fused-ring (bicyclic) bond motifs is 3. The van der Waals surface area contributed by atoms with Gasteiger partial charge in [0.15, 0.2) is 11.5 Å². The summed E-state index contributed by atoms with van der Waals surface area (Å²) < 4.78 is 17.1. The summed E-state index contributed by atoms with van der Waals surface area (Å²) in [4.78, 5) is 13.5. The molecule has 8 heteroatoms. The summed E-state index contributed by atoms with van der Waals surface area (Å²) in [6.45, 7) is 1.88. The first kappa shape index (κ1) is 20.3. The maximum Gasteiger partial charge on any atom is 0.162 e. The second kappa shape index (κ2) is 8.47. The first-order chi connectivity index (χ1) is 15.7. The van der Waals surface area contributed by atoms with Gasteiger partial charge in [0.25, 0.3) is 0 Å². The molecule has 0 spiro atoms. The Morgan fingerprint density at radius 2 is 1.81 bits per heavy atom. The van der Waals surface area contributed by atoms with Gasteiger partial charge in [-0.1, -0.05) is 0 Å². The molecule has 3 aromatic heterocycles. The lowest BCUT2D eigenvalue weighted by molar-refractivity contribution is 0.166. The highest BCUT2D eigenvalue weighted by Crippen LogP contribution is 2.37. The molecule has 3 N–H and O–H groups in total. The minimum Gasteiger partial charge on any atom is -0.493 e. The number of methoxy groups -OCH3 is 2. The first-order valence-electron chi connectivity index (χ1n) is 10.6. The SMILES string of the molecule is COc1cc2ncc3c(N)nc(-c4cncc(O[C@H]5CCCNC5)c4)cc3c2cc1OC. The molecule has 164 valence electrons. The monoisotopic (exact) mass is 431 g/mol. The van der Waals surface area contributed by atoms with Crippen molar-refractivity contribution in [1.82, 2.24) is 20.3 Å².